The van der Waals surface area contributed by atoms with E-state index in [1.165, 1.54) is 18.4 Å². The molecule has 0 amide bonds. The molecule has 80 valence electrons. The van der Waals surface area contributed by atoms with Crippen LogP contribution in [0.5, 0.6) is 11.5 Å². The van der Waals surface area contributed by atoms with E-state index in [1.807, 2.05) is 6.07 Å². The van der Waals surface area contributed by atoms with E-state index in [2.05, 4.69) is 24.4 Å². The quantitative estimate of drug-likeness (QED) is 0.820. The number of benzene rings is 1. The van der Waals surface area contributed by atoms with E-state index >= 15 is 0 Å². The van der Waals surface area contributed by atoms with Crippen LogP contribution in [0, 0.1) is 0 Å². The maximum atomic E-state index is 5.36. The molecule has 0 bridgehead atoms. The molecule has 1 aliphatic carbocycles. The highest BCUT2D eigenvalue weighted by Crippen LogP contribution is 2.34. The van der Waals surface area contributed by atoms with Gasteiger partial charge in [0.15, 0.2) is 11.5 Å². The first-order valence-electron chi connectivity index (χ1n) is 5.48. The number of fused-ring (bicyclic) bond motifs is 1. The lowest BCUT2D eigenvalue weighted by molar-refractivity contribution is 0.174. The third kappa shape index (κ3) is 1.79. The lowest BCUT2D eigenvalue weighted by atomic mass is 10.1. The Labute approximate surface area is 89.4 Å². The number of ether oxygens (including phenoxy) is 2. The zero-order chi connectivity index (χ0) is 10.3. The van der Waals surface area contributed by atoms with Crippen LogP contribution in [0.3, 0.4) is 0 Å². The van der Waals surface area contributed by atoms with Gasteiger partial charge >= 0.3 is 0 Å². The third-order valence-corrected chi connectivity index (χ3v) is 2.96. The van der Waals surface area contributed by atoms with Crippen molar-refractivity contribution in [3.05, 3.63) is 23.8 Å². The Morgan fingerprint density at radius 1 is 1.27 bits per heavy atom. The highest BCUT2D eigenvalue weighted by molar-refractivity contribution is 5.45. The predicted octanol–water partition coefficient (Wildman–Crippen LogP) is 2.23. The molecular weight excluding hydrogens is 190 g/mol. The number of rotatable bonds is 3. The van der Waals surface area contributed by atoms with Gasteiger partial charge < -0.3 is 14.8 Å². The topological polar surface area (TPSA) is 30.5 Å². The van der Waals surface area contributed by atoms with Gasteiger partial charge in [-0.15, -0.1) is 0 Å². The van der Waals surface area contributed by atoms with Crippen molar-refractivity contribution in [2.24, 2.45) is 0 Å². The minimum atomic E-state index is 0.350. The highest BCUT2D eigenvalue weighted by Gasteiger charge is 2.24. The molecule has 1 atom stereocenters. The van der Waals surface area contributed by atoms with Gasteiger partial charge in [-0.25, -0.2) is 0 Å². The van der Waals surface area contributed by atoms with Crippen molar-refractivity contribution in [1.82, 2.24) is 5.32 Å². The zero-order valence-corrected chi connectivity index (χ0v) is 8.82. The third-order valence-electron chi connectivity index (χ3n) is 2.96. The fourth-order valence-electron chi connectivity index (χ4n) is 1.88. The predicted molar refractivity (Wildman–Crippen MR) is 57.1 cm³/mol. The van der Waals surface area contributed by atoms with Crippen molar-refractivity contribution in [1.29, 1.82) is 0 Å². The molecule has 15 heavy (non-hydrogen) atoms. The summed E-state index contributed by atoms with van der Waals surface area (Å²) >= 11 is 0. The summed E-state index contributed by atoms with van der Waals surface area (Å²) in [6, 6.07) is 7.29. The Balaban J connectivity index is 1.78. The van der Waals surface area contributed by atoms with Crippen molar-refractivity contribution in [2.45, 2.75) is 31.8 Å². The van der Waals surface area contributed by atoms with Gasteiger partial charge in [-0.2, -0.15) is 0 Å². The van der Waals surface area contributed by atoms with E-state index < -0.39 is 0 Å². The molecule has 3 heteroatoms. The molecule has 3 nitrogen and oxygen atoms in total. The van der Waals surface area contributed by atoms with E-state index in [0.717, 1.165) is 17.5 Å². The van der Waals surface area contributed by atoms with Gasteiger partial charge in [0, 0.05) is 12.1 Å². The molecular formula is C12H15NO2. The normalized spacial score (nSPS) is 20.3. The Morgan fingerprint density at radius 2 is 2.07 bits per heavy atom. The summed E-state index contributed by atoms with van der Waals surface area (Å²) in [6.07, 6.45) is 2.63. The molecule has 0 aromatic heterocycles. The monoisotopic (exact) mass is 205 g/mol. The second kappa shape index (κ2) is 3.42. The number of nitrogens with one attached hydrogen (secondary N) is 1. The number of hydrogen-bond donors (Lipinski definition) is 1. The van der Waals surface area contributed by atoms with Gasteiger partial charge in [0.2, 0.25) is 6.79 Å². The Morgan fingerprint density at radius 3 is 2.87 bits per heavy atom. The molecule has 3 rings (SSSR count). The summed E-state index contributed by atoms with van der Waals surface area (Å²) in [5.41, 5.74) is 1.27. The van der Waals surface area contributed by atoms with E-state index in [0.29, 0.717) is 12.8 Å². The fourth-order valence-corrected chi connectivity index (χ4v) is 1.88. The second-order valence-corrected chi connectivity index (χ2v) is 4.28. The Bertz CT molecular complexity index is 374. The van der Waals surface area contributed by atoms with Crippen LogP contribution in [0.15, 0.2) is 18.2 Å². The molecule has 1 saturated carbocycles. The molecule has 1 fully saturated rings. The van der Waals surface area contributed by atoms with Crippen LogP contribution in [0.4, 0.5) is 0 Å². The van der Waals surface area contributed by atoms with Crippen LogP contribution in [-0.2, 0) is 0 Å². The lowest BCUT2D eigenvalue weighted by Crippen LogP contribution is -2.20. The van der Waals surface area contributed by atoms with Crippen molar-refractivity contribution in [3.63, 3.8) is 0 Å². The van der Waals surface area contributed by atoms with Gasteiger partial charge in [-0.1, -0.05) is 6.07 Å². The maximum Gasteiger partial charge on any atom is 0.231 e. The van der Waals surface area contributed by atoms with Crippen LogP contribution in [0.25, 0.3) is 0 Å². The SMILES string of the molecule is C[C@@H](NC1CC1)c1ccc2c(c1)OCO2. The first kappa shape index (κ1) is 9.04. The smallest absolute Gasteiger partial charge is 0.231 e. The standard InChI is InChI=1S/C12H15NO2/c1-8(13-10-3-4-10)9-2-5-11-12(6-9)15-7-14-11/h2,5-6,8,10,13H,3-4,7H2,1H3/t8-/m1/s1. The summed E-state index contributed by atoms with van der Waals surface area (Å²) in [6.45, 7) is 2.54. The first-order valence-corrected chi connectivity index (χ1v) is 5.48. The number of hydrogen-bond acceptors (Lipinski definition) is 3. The van der Waals surface area contributed by atoms with Gasteiger partial charge in [0.25, 0.3) is 0 Å². The average molecular weight is 205 g/mol. The van der Waals surface area contributed by atoms with Gasteiger partial charge in [-0.05, 0) is 37.5 Å². The van der Waals surface area contributed by atoms with Gasteiger partial charge in [0.05, 0.1) is 0 Å². The van der Waals surface area contributed by atoms with E-state index in [4.69, 9.17) is 9.47 Å². The van der Waals surface area contributed by atoms with Crippen molar-refractivity contribution < 1.29 is 9.47 Å². The molecule has 2 aliphatic rings. The fraction of sp³-hybridized carbons (Fsp3) is 0.500. The zero-order valence-electron chi connectivity index (χ0n) is 8.82. The van der Waals surface area contributed by atoms with E-state index in [1.54, 1.807) is 0 Å². The van der Waals surface area contributed by atoms with Crippen LogP contribution in [-0.4, -0.2) is 12.8 Å². The molecule has 1 aromatic carbocycles. The lowest BCUT2D eigenvalue weighted by Gasteiger charge is -2.13. The molecule has 1 N–H and O–H groups in total. The first-order chi connectivity index (χ1) is 7.33. The molecule has 0 saturated heterocycles. The summed E-state index contributed by atoms with van der Waals surface area (Å²) in [4.78, 5) is 0. The minimum absolute atomic E-state index is 0.350. The Kier molecular flexibility index (Phi) is 2.06. The van der Waals surface area contributed by atoms with Crippen molar-refractivity contribution in [2.75, 3.05) is 6.79 Å². The van der Waals surface area contributed by atoms with Crippen molar-refractivity contribution >= 4 is 0 Å². The summed E-state index contributed by atoms with van der Waals surface area (Å²) in [5.74, 6) is 1.73. The molecule has 0 radical (unpaired) electrons. The van der Waals surface area contributed by atoms with Crippen LogP contribution in [0.1, 0.15) is 31.4 Å². The summed E-state index contributed by atoms with van der Waals surface area (Å²) in [7, 11) is 0. The van der Waals surface area contributed by atoms with Crippen molar-refractivity contribution in [3.8, 4) is 11.5 Å². The summed E-state index contributed by atoms with van der Waals surface area (Å²) in [5, 5.41) is 3.56. The highest BCUT2D eigenvalue weighted by atomic mass is 16.7. The molecule has 0 spiro atoms. The molecule has 1 aliphatic heterocycles. The van der Waals surface area contributed by atoms with Gasteiger partial charge in [0.1, 0.15) is 0 Å². The molecule has 0 unspecified atom stereocenters. The van der Waals surface area contributed by atoms with Crippen LogP contribution in [0.2, 0.25) is 0 Å². The Hall–Kier alpha value is -1.22. The largest absolute Gasteiger partial charge is 0.454 e. The maximum absolute atomic E-state index is 5.36. The summed E-state index contributed by atoms with van der Waals surface area (Å²) < 4.78 is 10.6. The van der Waals surface area contributed by atoms with Gasteiger partial charge in [-0.3, -0.25) is 0 Å². The molecule has 1 heterocycles. The molecule has 1 aromatic rings. The second-order valence-electron chi connectivity index (χ2n) is 4.28. The van der Waals surface area contributed by atoms with Crippen LogP contribution >= 0.6 is 0 Å². The van der Waals surface area contributed by atoms with E-state index in [-0.39, 0.29) is 0 Å². The minimum Gasteiger partial charge on any atom is -0.454 e. The van der Waals surface area contributed by atoms with E-state index in [9.17, 15) is 0 Å². The van der Waals surface area contributed by atoms with Crippen LogP contribution < -0.4 is 14.8 Å². The average Bonchev–Trinajstić information content (AvgIpc) is 2.94.